The van der Waals surface area contributed by atoms with Crippen molar-refractivity contribution in [1.29, 1.82) is 0 Å². The van der Waals surface area contributed by atoms with Gasteiger partial charge in [0.05, 0.1) is 0 Å². The summed E-state index contributed by atoms with van der Waals surface area (Å²) in [5.41, 5.74) is 1.19. The molecule has 0 aromatic carbocycles. The van der Waals surface area contributed by atoms with Gasteiger partial charge in [-0.1, -0.05) is 0 Å². The summed E-state index contributed by atoms with van der Waals surface area (Å²) in [6.07, 6.45) is 1.44. The minimum absolute atomic E-state index is 0. The number of carbonyl (C=O) groups excluding carboxylic acids is 2. The molecule has 0 fully saturated rings. The summed E-state index contributed by atoms with van der Waals surface area (Å²) in [6, 6.07) is 0. The molecule has 0 N–H and O–H groups in total. The zero-order valence-corrected chi connectivity index (χ0v) is 4.64. The quantitative estimate of drug-likeness (QED) is 0.270. The van der Waals surface area contributed by atoms with E-state index in [1.165, 1.54) is 0 Å². The van der Waals surface area contributed by atoms with Crippen molar-refractivity contribution in [3.05, 3.63) is 11.1 Å². The van der Waals surface area contributed by atoms with Crippen molar-refractivity contribution in [2.45, 2.75) is 12.8 Å². The Morgan fingerprint density at radius 2 is 1.40 bits per heavy atom. The normalized spacial score (nSPS) is 21.2. The van der Waals surface area contributed by atoms with Gasteiger partial charge in [0.25, 0.3) is 0 Å². The van der Waals surface area contributed by atoms with Gasteiger partial charge < -0.3 is 4.74 Å². The van der Waals surface area contributed by atoms with Gasteiger partial charge in [-0.25, -0.2) is 9.59 Å². The number of ether oxygens (including phenoxy) is 1. The zero-order valence-electron chi connectivity index (χ0n) is 4.64. The van der Waals surface area contributed by atoms with Crippen LogP contribution in [0.3, 0.4) is 0 Å². The van der Waals surface area contributed by atoms with E-state index in [4.69, 9.17) is 0 Å². The Hall–Kier alpha value is 0.140. The molecule has 4 heteroatoms. The van der Waals surface area contributed by atoms with Crippen LogP contribution in [0.2, 0.25) is 0 Å². The van der Waals surface area contributed by atoms with Gasteiger partial charge in [0.2, 0.25) is 0 Å². The molecule has 1 aliphatic heterocycles. The number of hydrogen-bond donors (Lipinski definition) is 0. The van der Waals surface area contributed by atoms with Crippen molar-refractivity contribution in [2.24, 2.45) is 0 Å². The van der Waals surface area contributed by atoms with Crippen LogP contribution in [0.5, 0.6) is 0 Å². The number of cyclic esters (lactones) is 2. The summed E-state index contributed by atoms with van der Waals surface area (Å²) in [5.74, 6) is -0.859. The average molecular weight is 166 g/mol. The second-order valence-electron chi connectivity index (χ2n) is 2.13. The van der Waals surface area contributed by atoms with E-state index in [-0.39, 0.29) is 37.7 Å². The second kappa shape index (κ2) is 2.64. The molecule has 0 radical (unpaired) electrons. The van der Waals surface area contributed by atoms with E-state index in [1.807, 2.05) is 0 Å². The third-order valence-corrected chi connectivity index (χ3v) is 1.67. The van der Waals surface area contributed by atoms with Crippen LogP contribution in [0.1, 0.15) is 12.8 Å². The van der Waals surface area contributed by atoms with Gasteiger partial charge in [-0.3, -0.25) is 0 Å². The third-order valence-electron chi connectivity index (χ3n) is 1.67. The fourth-order valence-corrected chi connectivity index (χ4v) is 1.03. The number of rotatable bonds is 0. The first-order valence-electron chi connectivity index (χ1n) is 2.77. The minimum atomic E-state index is -0.429. The van der Waals surface area contributed by atoms with E-state index in [1.54, 1.807) is 0 Å². The Morgan fingerprint density at radius 3 is 1.60 bits per heavy atom. The molecule has 0 spiro atoms. The maximum absolute atomic E-state index is 10.5. The molecule has 2 rings (SSSR count). The van der Waals surface area contributed by atoms with Crippen LogP contribution < -0.4 is 0 Å². The van der Waals surface area contributed by atoms with Gasteiger partial charge >= 0.3 is 49.7 Å². The molecule has 3 nitrogen and oxygen atoms in total. The van der Waals surface area contributed by atoms with Crippen molar-refractivity contribution >= 4 is 49.7 Å². The Kier molecular flexibility index (Phi) is 2.18. The van der Waals surface area contributed by atoms with Crippen molar-refractivity contribution in [3.63, 3.8) is 0 Å². The van der Waals surface area contributed by atoms with E-state index in [9.17, 15) is 9.59 Å². The average Bonchev–Trinajstić information content (AvgIpc) is 1.73. The van der Waals surface area contributed by atoms with Crippen LogP contribution in [0.15, 0.2) is 11.1 Å². The van der Waals surface area contributed by atoms with Gasteiger partial charge in [0.15, 0.2) is 0 Å². The van der Waals surface area contributed by atoms with Crippen LogP contribution in [0.25, 0.3) is 0 Å². The van der Waals surface area contributed by atoms with Crippen molar-refractivity contribution in [1.82, 2.24) is 0 Å². The Labute approximate surface area is 87.4 Å². The van der Waals surface area contributed by atoms with E-state index in [0.717, 1.165) is 12.8 Å². The summed E-state index contributed by atoms with van der Waals surface area (Å²) in [6.45, 7) is 0. The van der Waals surface area contributed by atoms with Crippen LogP contribution in [0, 0.1) is 0 Å². The monoisotopic (exact) mass is 166 g/mol. The van der Waals surface area contributed by atoms with Gasteiger partial charge in [0, 0.05) is 11.1 Å². The predicted octanol–water partition coefficient (Wildman–Crippen LogP) is -0.756. The van der Waals surface area contributed by atoms with Gasteiger partial charge in [-0.05, 0) is 12.8 Å². The van der Waals surface area contributed by atoms with Crippen molar-refractivity contribution in [2.75, 3.05) is 0 Å². The van der Waals surface area contributed by atoms with Gasteiger partial charge in [0.1, 0.15) is 0 Å². The van der Waals surface area contributed by atoms with E-state index in [2.05, 4.69) is 4.74 Å². The van der Waals surface area contributed by atoms with Crippen LogP contribution >= 0.6 is 0 Å². The molecular weight excluding hydrogens is 160 g/mol. The first-order chi connectivity index (χ1) is 4.29. The van der Waals surface area contributed by atoms with Crippen LogP contribution in [-0.2, 0) is 14.3 Å². The van der Waals surface area contributed by atoms with Crippen molar-refractivity contribution in [3.8, 4) is 0 Å². The SMILES string of the molecule is O=C1OC(=O)C2=C1CC2.[CaH2]. The molecule has 1 aliphatic carbocycles. The molecule has 0 atom stereocenters. The van der Waals surface area contributed by atoms with E-state index < -0.39 is 11.9 Å². The van der Waals surface area contributed by atoms with Crippen LogP contribution in [-0.4, -0.2) is 49.7 Å². The summed E-state index contributed by atoms with van der Waals surface area (Å²) < 4.78 is 4.30. The van der Waals surface area contributed by atoms with Crippen molar-refractivity contribution < 1.29 is 14.3 Å². The van der Waals surface area contributed by atoms with E-state index >= 15 is 0 Å². The Bertz CT molecular complexity index is 217. The molecule has 0 saturated heterocycles. The fraction of sp³-hybridized carbons (Fsp3) is 0.333. The molecule has 0 unspecified atom stereocenters. The molecule has 0 bridgehead atoms. The predicted molar refractivity (Wildman–Crippen MR) is 35.9 cm³/mol. The molecular formula is C6H6CaO3. The number of esters is 2. The first kappa shape index (κ1) is 8.24. The Morgan fingerprint density at radius 1 is 1.00 bits per heavy atom. The van der Waals surface area contributed by atoms with Gasteiger partial charge in [-0.15, -0.1) is 0 Å². The first-order valence-corrected chi connectivity index (χ1v) is 2.77. The maximum atomic E-state index is 10.5. The Balaban J connectivity index is 0.000000500. The summed E-state index contributed by atoms with van der Waals surface area (Å²) in [5, 5.41) is 0. The molecule has 2 aliphatic rings. The molecule has 0 saturated carbocycles. The molecule has 0 amide bonds. The molecule has 0 aromatic rings. The second-order valence-corrected chi connectivity index (χ2v) is 2.13. The summed E-state index contributed by atoms with van der Waals surface area (Å²) in [7, 11) is 0. The zero-order chi connectivity index (χ0) is 6.43. The third kappa shape index (κ3) is 0.928. The number of hydrogen-bond acceptors (Lipinski definition) is 3. The van der Waals surface area contributed by atoms with Gasteiger partial charge in [-0.2, -0.15) is 0 Å². The van der Waals surface area contributed by atoms with E-state index in [0.29, 0.717) is 11.1 Å². The molecule has 50 valence electrons. The molecule has 0 aromatic heterocycles. The standard InChI is InChI=1S/C6H4O3.Ca.2H/c7-5-3-1-2-4(3)6(8)9-5;;;/h1-2H2;;;. The summed E-state index contributed by atoms with van der Waals surface area (Å²) >= 11 is 0. The van der Waals surface area contributed by atoms with Crippen LogP contribution in [0.4, 0.5) is 0 Å². The fourth-order valence-electron chi connectivity index (χ4n) is 1.03. The molecule has 1 heterocycles. The summed E-state index contributed by atoms with van der Waals surface area (Å²) in [4.78, 5) is 21.1. The topological polar surface area (TPSA) is 43.4 Å². The molecule has 10 heavy (non-hydrogen) atoms. The number of carbonyl (C=O) groups is 2.